The Morgan fingerprint density at radius 2 is 1.96 bits per heavy atom. The van der Waals surface area contributed by atoms with Crippen molar-refractivity contribution in [1.29, 1.82) is 0 Å². The first-order valence-electron chi connectivity index (χ1n) is 9.74. The number of hydrogen-bond donors (Lipinski definition) is 2. The van der Waals surface area contributed by atoms with Gasteiger partial charge in [0.2, 0.25) is 0 Å². The largest absolute Gasteiger partial charge is 0.504 e. The SMILES string of the molecule is COc1cc(C(=O)O[C@H]2CC=C(C)CCCC(C)(C)[C@H](O)C=C2C)ccc1O. The smallest absolute Gasteiger partial charge is 0.338 e. The number of methoxy groups -OCH3 is 1. The van der Waals surface area contributed by atoms with Gasteiger partial charge in [-0.3, -0.25) is 0 Å². The van der Waals surface area contributed by atoms with Gasteiger partial charge in [0.15, 0.2) is 11.5 Å². The Labute approximate surface area is 167 Å². The van der Waals surface area contributed by atoms with E-state index in [4.69, 9.17) is 9.47 Å². The molecule has 1 aromatic rings. The maximum Gasteiger partial charge on any atom is 0.338 e. The summed E-state index contributed by atoms with van der Waals surface area (Å²) in [5.74, 6) is -0.309. The highest BCUT2D eigenvalue weighted by Gasteiger charge is 2.28. The van der Waals surface area contributed by atoms with E-state index in [1.807, 2.05) is 13.0 Å². The van der Waals surface area contributed by atoms with Crippen molar-refractivity contribution in [3.05, 3.63) is 47.1 Å². The Morgan fingerprint density at radius 3 is 2.64 bits per heavy atom. The molecule has 1 aliphatic carbocycles. The van der Waals surface area contributed by atoms with Gasteiger partial charge >= 0.3 is 5.97 Å². The molecule has 5 nitrogen and oxygen atoms in total. The number of rotatable bonds is 3. The summed E-state index contributed by atoms with van der Waals surface area (Å²) in [6.45, 7) is 8.09. The molecule has 2 atom stereocenters. The molecule has 1 aromatic carbocycles. The third kappa shape index (κ3) is 5.61. The number of hydrogen-bond acceptors (Lipinski definition) is 5. The molecule has 2 N–H and O–H groups in total. The second kappa shape index (κ2) is 9.28. The van der Waals surface area contributed by atoms with Crippen molar-refractivity contribution in [3.63, 3.8) is 0 Å². The second-order valence-electron chi connectivity index (χ2n) is 8.26. The molecule has 0 radical (unpaired) electrons. The highest BCUT2D eigenvalue weighted by Crippen LogP contribution is 2.32. The van der Waals surface area contributed by atoms with Crippen LogP contribution in [0.15, 0.2) is 41.5 Å². The Bertz CT molecular complexity index is 760. The van der Waals surface area contributed by atoms with Crippen LogP contribution < -0.4 is 4.74 Å². The fourth-order valence-electron chi connectivity index (χ4n) is 3.29. The number of allylic oxidation sites excluding steroid dienone is 1. The van der Waals surface area contributed by atoms with Crippen LogP contribution in [0.1, 0.15) is 63.7 Å². The van der Waals surface area contributed by atoms with E-state index >= 15 is 0 Å². The minimum atomic E-state index is -0.610. The van der Waals surface area contributed by atoms with Gasteiger partial charge in [0, 0.05) is 6.42 Å². The molecule has 0 heterocycles. The van der Waals surface area contributed by atoms with Gasteiger partial charge in [-0.25, -0.2) is 4.79 Å². The van der Waals surface area contributed by atoms with Crippen molar-refractivity contribution in [3.8, 4) is 11.5 Å². The topological polar surface area (TPSA) is 76.0 Å². The van der Waals surface area contributed by atoms with Gasteiger partial charge in [0.25, 0.3) is 0 Å². The average molecular weight is 389 g/mol. The first-order valence-corrected chi connectivity index (χ1v) is 9.74. The minimum absolute atomic E-state index is 0.0334. The zero-order valence-corrected chi connectivity index (χ0v) is 17.5. The van der Waals surface area contributed by atoms with Crippen molar-refractivity contribution >= 4 is 5.97 Å². The predicted octanol–water partition coefficient (Wildman–Crippen LogP) is 4.78. The van der Waals surface area contributed by atoms with Crippen molar-refractivity contribution in [2.24, 2.45) is 5.41 Å². The maximum atomic E-state index is 12.7. The Hall–Kier alpha value is -2.27. The third-order valence-electron chi connectivity index (χ3n) is 5.47. The van der Waals surface area contributed by atoms with E-state index in [2.05, 4.69) is 26.8 Å². The number of phenolic OH excluding ortho intramolecular Hbond substituents is 1. The summed E-state index contributed by atoms with van der Waals surface area (Å²) in [6.07, 6.45) is 6.29. The molecule has 1 aliphatic rings. The molecular formula is C23H32O5. The summed E-state index contributed by atoms with van der Waals surface area (Å²) in [5.41, 5.74) is 2.14. The molecule has 5 heteroatoms. The number of aliphatic hydroxyl groups excluding tert-OH is 1. The highest BCUT2D eigenvalue weighted by molar-refractivity contribution is 5.90. The summed E-state index contributed by atoms with van der Waals surface area (Å²) < 4.78 is 10.8. The molecule has 0 unspecified atom stereocenters. The number of ether oxygens (including phenoxy) is 2. The van der Waals surface area contributed by atoms with Crippen LogP contribution in [0, 0.1) is 5.41 Å². The number of aromatic hydroxyl groups is 1. The quantitative estimate of drug-likeness (QED) is 0.576. The molecule has 0 saturated carbocycles. The molecule has 2 rings (SSSR count). The lowest BCUT2D eigenvalue weighted by Crippen LogP contribution is -2.29. The van der Waals surface area contributed by atoms with Crippen molar-refractivity contribution in [1.82, 2.24) is 0 Å². The van der Waals surface area contributed by atoms with Gasteiger partial charge in [-0.2, -0.15) is 0 Å². The zero-order chi connectivity index (χ0) is 20.9. The maximum absolute atomic E-state index is 12.7. The number of aliphatic hydroxyl groups is 1. The first kappa shape index (κ1) is 22.0. The lowest BCUT2D eigenvalue weighted by molar-refractivity contribution is 0.0367. The number of carbonyl (C=O) groups excluding carboxylic acids is 1. The molecule has 0 saturated heterocycles. The normalized spacial score (nSPS) is 23.1. The fraction of sp³-hybridized carbons (Fsp3) is 0.522. The molecule has 0 fully saturated rings. The van der Waals surface area contributed by atoms with Gasteiger partial charge in [-0.05, 0) is 62.3 Å². The van der Waals surface area contributed by atoms with Gasteiger partial charge in [-0.15, -0.1) is 0 Å². The highest BCUT2D eigenvalue weighted by atomic mass is 16.5. The monoisotopic (exact) mass is 388 g/mol. The van der Waals surface area contributed by atoms with Crippen molar-refractivity contribution < 1.29 is 24.5 Å². The molecule has 0 aliphatic heterocycles. The summed E-state index contributed by atoms with van der Waals surface area (Å²) in [6, 6.07) is 4.37. The molecule has 28 heavy (non-hydrogen) atoms. The van der Waals surface area contributed by atoms with Crippen LogP contribution in [0.3, 0.4) is 0 Å². The molecule has 0 aromatic heterocycles. The lowest BCUT2D eigenvalue weighted by atomic mass is 9.80. The zero-order valence-electron chi connectivity index (χ0n) is 17.5. The van der Waals surface area contributed by atoms with E-state index in [0.717, 1.165) is 24.8 Å². The predicted molar refractivity (Wildman–Crippen MR) is 110 cm³/mol. The average Bonchev–Trinajstić information content (AvgIpc) is 2.65. The van der Waals surface area contributed by atoms with Crippen LogP contribution >= 0.6 is 0 Å². The van der Waals surface area contributed by atoms with E-state index < -0.39 is 18.2 Å². The van der Waals surface area contributed by atoms with Crippen molar-refractivity contribution in [2.75, 3.05) is 7.11 Å². The number of benzene rings is 1. The van der Waals surface area contributed by atoms with Crippen LogP contribution in [-0.2, 0) is 4.74 Å². The summed E-state index contributed by atoms with van der Waals surface area (Å²) in [4.78, 5) is 12.7. The van der Waals surface area contributed by atoms with E-state index in [1.165, 1.54) is 30.9 Å². The molecule has 0 spiro atoms. The van der Waals surface area contributed by atoms with Crippen LogP contribution in [-0.4, -0.2) is 35.5 Å². The van der Waals surface area contributed by atoms with Crippen LogP contribution in [0.5, 0.6) is 11.5 Å². The Morgan fingerprint density at radius 1 is 1.25 bits per heavy atom. The van der Waals surface area contributed by atoms with Gasteiger partial charge in [0.1, 0.15) is 6.10 Å². The van der Waals surface area contributed by atoms with Crippen LogP contribution in [0.4, 0.5) is 0 Å². The van der Waals surface area contributed by atoms with Gasteiger partial charge < -0.3 is 19.7 Å². The molecule has 0 bridgehead atoms. The van der Waals surface area contributed by atoms with Gasteiger partial charge in [0.05, 0.1) is 18.8 Å². The fourth-order valence-corrected chi connectivity index (χ4v) is 3.29. The molecular weight excluding hydrogens is 356 g/mol. The number of carbonyl (C=O) groups is 1. The third-order valence-corrected chi connectivity index (χ3v) is 5.47. The first-order chi connectivity index (χ1) is 13.1. The number of esters is 1. The lowest BCUT2D eigenvalue weighted by Gasteiger charge is -2.29. The standard InChI is InChI=1S/C23H32O5/c1-15-7-6-12-23(3,4)21(25)13-16(2)19(11-8-15)28-22(26)17-9-10-18(24)20(14-17)27-5/h8-10,13-14,19,21,24-25H,6-7,11-12H2,1-5H3/t19-,21+/m0/s1. The summed E-state index contributed by atoms with van der Waals surface area (Å²) in [7, 11) is 1.43. The Kier molecular flexibility index (Phi) is 7.30. The van der Waals surface area contributed by atoms with Crippen molar-refractivity contribution in [2.45, 2.75) is 65.6 Å². The summed E-state index contributed by atoms with van der Waals surface area (Å²) in [5, 5.41) is 20.4. The van der Waals surface area contributed by atoms with Gasteiger partial charge in [-0.1, -0.05) is 31.6 Å². The van der Waals surface area contributed by atoms with E-state index in [1.54, 1.807) is 0 Å². The van der Waals surface area contributed by atoms with E-state index in [0.29, 0.717) is 12.0 Å². The van der Waals surface area contributed by atoms with E-state index in [-0.39, 0.29) is 16.9 Å². The second-order valence-corrected chi connectivity index (χ2v) is 8.26. The minimum Gasteiger partial charge on any atom is -0.504 e. The molecule has 154 valence electrons. The molecule has 0 amide bonds. The van der Waals surface area contributed by atoms with Crippen LogP contribution in [0.2, 0.25) is 0 Å². The van der Waals surface area contributed by atoms with Crippen LogP contribution in [0.25, 0.3) is 0 Å². The van der Waals surface area contributed by atoms with E-state index in [9.17, 15) is 15.0 Å². The Balaban J connectivity index is 2.28. The summed E-state index contributed by atoms with van der Waals surface area (Å²) >= 11 is 0. The number of phenols is 1.